The fourth-order valence-electron chi connectivity index (χ4n) is 3.27. The fraction of sp³-hybridized carbons (Fsp3) is 0.316. The van der Waals surface area contributed by atoms with Crippen LogP contribution in [0.15, 0.2) is 54.6 Å². The molecule has 0 aliphatic carbocycles. The third kappa shape index (κ3) is 3.29. The number of benzene rings is 2. The summed E-state index contributed by atoms with van der Waals surface area (Å²) in [7, 11) is 0. The number of rotatable bonds is 4. The number of hydrogen-bond donors (Lipinski definition) is 1. The smallest absolute Gasteiger partial charge is 0.0967 e. The minimum atomic E-state index is 0.0449. The van der Waals surface area contributed by atoms with Crippen LogP contribution < -0.4 is 10.6 Å². The van der Waals surface area contributed by atoms with Gasteiger partial charge >= 0.3 is 0 Å². The van der Waals surface area contributed by atoms with Crippen LogP contribution in [0.25, 0.3) is 10.2 Å². The van der Waals surface area contributed by atoms with E-state index in [1.54, 1.807) is 11.3 Å². The zero-order valence-electron chi connectivity index (χ0n) is 13.6. The van der Waals surface area contributed by atoms with Crippen molar-refractivity contribution in [2.45, 2.75) is 12.6 Å². The van der Waals surface area contributed by atoms with Crippen molar-refractivity contribution in [1.82, 2.24) is 9.88 Å². The fourth-order valence-corrected chi connectivity index (χ4v) is 4.28. The van der Waals surface area contributed by atoms with Crippen molar-refractivity contribution in [2.75, 3.05) is 31.1 Å². The van der Waals surface area contributed by atoms with E-state index in [1.807, 2.05) is 6.07 Å². The molecule has 4 nitrogen and oxygen atoms in total. The molecule has 1 aliphatic rings. The number of hydrogen-bond acceptors (Lipinski definition) is 5. The second-order valence-electron chi connectivity index (χ2n) is 6.21. The Balaban J connectivity index is 1.36. The molecular formula is C19H22N4S. The van der Waals surface area contributed by atoms with Crippen LogP contribution in [0.5, 0.6) is 0 Å². The first-order valence-electron chi connectivity index (χ1n) is 8.44. The van der Waals surface area contributed by atoms with Crippen molar-refractivity contribution >= 4 is 27.2 Å². The van der Waals surface area contributed by atoms with Crippen LogP contribution in [0.3, 0.4) is 0 Å². The minimum absolute atomic E-state index is 0.0449. The van der Waals surface area contributed by atoms with Gasteiger partial charge in [0.2, 0.25) is 0 Å². The molecule has 0 amide bonds. The van der Waals surface area contributed by atoms with Crippen LogP contribution >= 0.6 is 11.3 Å². The van der Waals surface area contributed by atoms with E-state index in [2.05, 4.69) is 58.3 Å². The molecule has 1 atom stereocenters. The van der Waals surface area contributed by atoms with Crippen LogP contribution in [0.2, 0.25) is 0 Å². The van der Waals surface area contributed by atoms with E-state index >= 15 is 0 Å². The highest BCUT2D eigenvalue weighted by Gasteiger charge is 2.22. The van der Waals surface area contributed by atoms with Crippen LogP contribution in [0, 0.1) is 0 Å². The molecule has 2 aromatic carbocycles. The first kappa shape index (κ1) is 15.6. The lowest BCUT2D eigenvalue weighted by Crippen LogP contribution is -2.54. The molecule has 2 N–H and O–H groups in total. The summed E-state index contributed by atoms with van der Waals surface area (Å²) in [5.74, 6) is 0. The quantitative estimate of drug-likeness (QED) is 0.794. The number of nitrogens with two attached hydrogens (primary N) is 1. The number of aromatic nitrogens is 1. The summed E-state index contributed by atoms with van der Waals surface area (Å²) in [6.07, 6.45) is 0.869. The van der Waals surface area contributed by atoms with Crippen LogP contribution in [-0.4, -0.2) is 42.2 Å². The van der Waals surface area contributed by atoms with E-state index in [0.29, 0.717) is 0 Å². The van der Waals surface area contributed by atoms with Crippen molar-refractivity contribution in [3.05, 3.63) is 59.6 Å². The summed E-state index contributed by atoms with van der Waals surface area (Å²) in [6, 6.07) is 18.9. The molecular weight excluding hydrogens is 316 g/mol. The molecule has 4 rings (SSSR count). The molecule has 24 heavy (non-hydrogen) atoms. The van der Waals surface area contributed by atoms with Crippen molar-refractivity contribution in [3.8, 4) is 0 Å². The normalized spacial score (nSPS) is 17.3. The van der Waals surface area contributed by atoms with E-state index in [-0.39, 0.29) is 6.17 Å². The predicted molar refractivity (Wildman–Crippen MR) is 102 cm³/mol. The third-order valence-corrected chi connectivity index (χ3v) is 5.69. The lowest BCUT2D eigenvalue weighted by atomic mass is 10.2. The van der Waals surface area contributed by atoms with Gasteiger partial charge in [-0.05, 0) is 24.3 Å². The van der Waals surface area contributed by atoms with Gasteiger partial charge in [0.05, 0.1) is 21.4 Å². The van der Waals surface area contributed by atoms with Gasteiger partial charge in [0.1, 0.15) is 0 Å². The van der Waals surface area contributed by atoms with E-state index in [9.17, 15) is 0 Å². The van der Waals surface area contributed by atoms with E-state index in [0.717, 1.165) is 43.1 Å². The molecule has 1 unspecified atom stereocenters. The van der Waals surface area contributed by atoms with Gasteiger partial charge in [-0.2, -0.15) is 0 Å². The zero-order chi connectivity index (χ0) is 16.4. The number of thiazole rings is 1. The molecule has 124 valence electrons. The molecule has 1 fully saturated rings. The Morgan fingerprint density at radius 1 is 0.958 bits per heavy atom. The number of anilines is 1. The van der Waals surface area contributed by atoms with E-state index in [1.165, 1.54) is 10.4 Å². The Morgan fingerprint density at radius 3 is 2.42 bits per heavy atom. The Bertz CT molecular complexity index is 760. The van der Waals surface area contributed by atoms with Crippen LogP contribution in [0.4, 0.5) is 5.69 Å². The minimum Gasteiger partial charge on any atom is -0.369 e. The number of para-hydroxylation sites is 2. The van der Waals surface area contributed by atoms with Crippen molar-refractivity contribution in [1.29, 1.82) is 0 Å². The van der Waals surface area contributed by atoms with Crippen LogP contribution in [0.1, 0.15) is 5.01 Å². The second-order valence-corrected chi connectivity index (χ2v) is 7.32. The molecule has 0 bridgehead atoms. The molecule has 0 radical (unpaired) electrons. The predicted octanol–water partition coefficient (Wildman–Crippen LogP) is 2.95. The Kier molecular flexibility index (Phi) is 4.47. The highest BCUT2D eigenvalue weighted by molar-refractivity contribution is 7.18. The molecule has 1 saturated heterocycles. The Morgan fingerprint density at radius 2 is 1.67 bits per heavy atom. The maximum atomic E-state index is 6.46. The zero-order valence-corrected chi connectivity index (χ0v) is 14.5. The highest BCUT2D eigenvalue weighted by atomic mass is 32.1. The van der Waals surface area contributed by atoms with E-state index in [4.69, 9.17) is 10.7 Å². The van der Waals surface area contributed by atoms with Gasteiger partial charge in [0.25, 0.3) is 0 Å². The standard InChI is InChI=1S/C19H22N4S/c20-18(14-19-21-16-8-4-5-9-17(16)24-19)23-12-10-22(11-13-23)15-6-2-1-3-7-15/h1-9,18H,10-14,20H2. The first-order valence-corrected chi connectivity index (χ1v) is 9.25. The number of fused-ring (bicyclic) bond motifs is 1. The monoisotopic (exact) mass is 338 g/mol. The second kappa shape index (κ2) is 6.89. The average molecular weight is 338 g/mol. The topological polar surface area (TPSA) is 45.4 Å². The van der Waals surface area contributed by atoms with Crippen LogP contribution in [-0.2, 0) is 6.42 Å². The molecule has 5 heteroatoms. The summed E-state index contributed by atoms with van der Waals surface area (Å²) < 4.78 is 1.24. The van der Waals surface area contributed by atoms with Gasteiger partial charge in [0, 0.05) is 38.3 Å². The number of piperazine rings is 1. The number of nitrogens with zero attached hydrogens (tertiary/aromatic N) is 3. The van der Waals surface area contributed by atoms with E-state index < -0.39 is 0 Å². The van der Waals surface area contributed by atoms with Gasteiger partial charge in [-0.1, -0.05) is 30.3 Å². The maximum absolute atomic E-state index is 6.46. The van der Waals surface area contributed by atoms with Crippen molar-refractivity contribution < 1.29 is 0 Å². The van der Waals surface area contributed by atoms with Crippen molar-refractivity contribution in [3.63, 3.8) is 0 Å². The molecule has 2 heterocycles. The summed E-state index contributed by atoms with van der Waals surface area (Å²) >= 11 is 1.76. The van der Waals surface area contributed by atoms with Gasteiger partial charge in [-0.25, -0.2) is 4.98 Å². The Hall–Kier alpha value is -1.95. The molecule has 3 aromatic rings. The van der Waals surface area contributed by atoms with Gasteiger partial charge < -0.3 is 10.6 Å². The summed E-state index contributed by atoms with van der Waals surface area (Å²) in [5, 5.41) is 1.13. The molecule has 1 aromatic heterocycles. The molecule has 1 aliphatic heterocycles. The third-order valence-electron chi connectivity index (χ3n) is 4.63. The lowest BCUT2D eigenvalue weighted by Gasteiger charge is -2.38. The summed E-state index contributed by atoms with van der Waals surface area (Å²) in [4.78, 5) is 9.52. The summed E-state index contributed by atoms with van der Waals surface area (Å²) in [6.45, 7) is 4.05. The maximum Gasteiger partial charge on any atom is 0.0967 e. The largest absolute Gasteiger partial charge is 0.369 e. The molecule has 0 saturated carbocycles. The van der Waals surface area contributed by atoms with Crippen molar-refractivity contribution in [2.24, 2.45) is 5.73 Å². The average Bonchev–Trinajstić information content (AvgIpc) is 3.05. The Labute approximate surface area is 146 Å². The highest BCUT2D eigenvalue weighted by Crippen LogP contribution is 2.23. The van der Waals surface area contributed by atoms with Gasteiger partial charge in [-0.3, -0.25) is 4.90 Å². The SMILES string of the molecule is NC(Cc1nc2ccccc2s1)N1CCN(c2ccccc2)CC1. The molecule has 0 spiro atoms. The van der Waals surface area contributed by atoms with Gasteiger partial charge in [0.15, 0.2) is 0 Å². The van der Waals surface area contributed by atoms with Gasteiger partial charge in [-0.15, -0.1) is 11.3 Å². The lowest BCUT2D eigenvalue weighted by molar-refractivity contribution is 0.187. The first-order chi connectivity index (χ1) is 11.8. The summed E-state index contributed by atoms with van der Waals surface area (Å²) in [5.41, 5.74) is 8.85.